The van der Waals surface area contributed by atoms with E-state index in [4.69, 9.17) is 5.73 Å². The molecule has 0 saturated carbocycles. The first-order valence-corrected chi connectivity index (χ1v) is 9.17. The number of nitrogen functional groups attached to an aromatic ring is 1. The van der Waals surface area contributed by atoms with Crippen molar-refractivity contribution < 1.29 is 0 Å². The molecule has 4 aromatic rings. The highest BCUT2D eigenvalue weighted by Gasteiger charge is 2.15. The fraction of sp³-hybridized carbons (Fsp3) is 0.143. The summed E-state index contributed by atoms with van der Waals surface area (Å²) in [6.45, 7) is 3.74. The third-order valence-corrected chi connectivity index (χ3v) is 4.48. The summed E-state index contributed by atoms with van der Waals surface area (Å²) in [5, 5.41) is 3.79. The second-order valence-corrected chi connectivity index (χ2v) is 6.61. The molecule has 0 fully saturated rings. The zero-order chi connectivity index (χ0) is 21.1. The molecule has 9 heteroatoms. The summed E-state index contributed by atoms with van der Waals surface area (Å²) in [6, 6.07) is 5.20. The number of rotatable bonds is 3. The van der Waals surface area contributed by atoms with Crippen LogP contribution in [-0.2, 0) is 0 Å². The summed E-state index contributed by atoms with van der Waals surface area (Å²) in [7, 11) is 0. The van der Waals surface area contributed by atoms with Gasteiger partial charge in [-0.25, -0.2) is 19.9 Å². The molecule has 4 N–H and O–H groups in total. The molecule has 0 aliphatic rings. The maximum absolute atomic E-state index is 12.6. The number of nitrogens with one attached hydrogen (secondary N) is 2. The molecule has 0 spiro atoms. The second-order valence-electron chi connectivity index (χ2n) is 6.61. The Hall–Kier alpha value is -4.32. The van der Waals surface area contributed by atoms with Crippen LogP contribution < -0.4 is 16.6 Å². The van der Waals surface area contributed by atoms with E-state index in [-0.39, 0.29) is 17.4 Å². The number of aromatic nitrogens is 6. The molecule has 4 rings (SSSR count). The SMILES string of the molecule is Cc1cccc2nc(C(C)Nc3ncnc(N)c3C#Cc3cnccn3)[nH]c(=O)c12. The standard InChI is InChI=1S/C21H18N8O/c1-12-4-3-5-16-17(12)21(30)29-19(28-16)13(2)27-20-15(18(22)25-11-26-20)7-6-14-10-23-8-9-24-14/h3-5,8-11,13H,1-2H3,(H,28,29,30)(H3,22,25,26,27). The van der Waals surface area contributed by atoms with Crippen molar-refractivity contribution in [1.82, 2.24) is 29.9 Å². The van der Waals surface area contributed by atoms with E-state index in [1.54, 1.807) is 18.6 Å². The molecule has 0 amide bonds. The van der Waals surface area contributed by atoms with Crippen molar-refractivity contribution in [2.24, 2.45) is 0 Å². The van der Waals surface area contributed by atoms with Gasteiger partial charge in [-0.2, -0.15) is 0 Å². The number of nitrogens with two attached hydrogens (primary N) is 1. The van der Waals surface area contributed by atoms with Crippen molar-refractivity contribution in [3.63, 3.8) is 0 Å². The Bertz CT molecular complexity index is 1340. The van der Waals surface area contributed by atoms with E-state index in [1.165, 1.54) is 6.33 Å². The number of anilines is 2. The quantitative estimate of drug-likeness (QED) is 0.446. The van der Waals surface area contributed by atoms with Crippen molar-refractivity contribution in [2.75, 3.05) is 11.1 Å². The van der Waals surface area contributed by atoms with Crippen LogP contribution in [0.1, 0.15) is 35.6 Å². The van der Waals surface area contributed by atoms with Gasteiger partial charge < -0.3 is 16.0 Å². The van der Waals surface area contributed by atoms with Crippen molar-refractivity contribution in [1.29, 1.82) is 0 Å². The molecule has 0 aliphatic heterocycles. The van der Waals surface area contributed by atoms with Crippen molar-refractivity contribution >= 4 is 22.5 Å². The minimum absolute atomic E-state index is 0.188. The van der Waals surface area contributed by atoms with E-state index >= 15 is 0 Å². The van der Waals surface area contributed by atoms with E-state index in [0.717, 1.165) is 5.56 Å². The highest BCUT2D eigenvalue weighted by Crippen LogP contribution is 2.21. The first kappa shape index (κ1) is 19.0. The van der Waals surface area contributed by atoms with Crippen molar-refractivity contribution in [3.05, 3.63) is 76.1 Å². The molecule has 0 radical (unpaired) electrons. The Balaban J connectivity index is 1.68. The zero-order valence-electron chi connectivity index (χ0n) is 16.3. The third-order valence-electron chi connectivity index (χ3n) is 4.48. The first-order valence-electron chi connectivity index (χ1n) is 9.17. The van der Waals surface area contributed by atoms with Gasteiger partial charge >= 0.3 is 0 Å². The highest BCUT2D eigenvalue weighted by atomic mass is 16.1. The van der Waals surface area contributed by atoms with Crippen LogP contribution in [0.4, 0.5) is 11.6 Å². The Morgan fingerprint density at radius 3 is 2.83 bits per heavy atom. The molecular weight excluding hydrogens is 380 g/mol. The number of fused-ring (bicyclic) bond motifs is 1. The molecule has 3 aromatic heterocycles. The summed E-state index contributed by atoms with van der Waals surface area (Å²) >= 11 is 0. The predicted molar refractivity (Wildman–Crippen MR) is 114 cm³/mol. The largest absolute Gasteiger partial charge is 0.382 e. The second kappa shape index (κ2) is 7.97. The van der Waals surface area contributed by atoms with Gasteiger partial charge in [-0.3, -0.25) is 9.78 Å². The van der Waals surface area contributed by atoms with E-state index < -0.39 is 0 Å². The van der Waals surface area contributed by atoms with Gasteiger partial charge in [-0.1, -0.05) is 18.1 Å². The van der Waals surface area contributed by atoms with Gasteiger partial charge in [0.2, 0.25) is 0 Å². The number of hydrogen-bond acceptors (Lipinski definition) is 8. The first-order chi connectivity index (χ1) is 14.5. The maximum Gasteiger partial charge on any atom is 0.259 e. The summed E-state index contributed by atoms with van der Waals surface area (Å²) in [5.41, 5.74) is 8.25. The van der Waals surface area contributed by atoms with Crippen LogP contribution in [0.15, 0.2) is 47.9 Å². The average molecular weight is 398 g/mol. The lowest BCUT2D eigenvalue weighted by atomic mass is 10.1. The van der Waals surface area contributed by atoms with Crippen LogP contribution in [0.3, 0.4) is 0 Å². The molecule has 3 heterocycles. The topological polar surface area (TPSA) is 135 Å². The average Bonchev–Trinajstić information content (AvgIpc) is 2.74. The summed E-state index contributed by atoms with van der Waals surface area (Å²) in [4.78, 5) is 36.4. The van der Waals surface area contributed by atoms with Gasteiger partial charge in [0.05, 0.1) is 23.1 Å². The van der Waals surface area contributed by atoms with Gasteiger partial charge in [-0.15, -0.1) is 0 Å². The van der Waals surface area contributed by atoms with Crippen molar-refractivity contribution in [2.45, 2.75) is 19.9 Å². The summed E-state index contributed by atoms with van der Waals surface area (Å²) < 4.78 is 0. The van der Waals surface area contributed by atoms with Gasteiger partial charge in [0, 0.05) is 12.4 Å². The third kappa shape index (κ3) is 3.79. The molecule has 0 aliphatic carbocycles. The lowest BCUT2D eigenvalue weighted by molar-refractivity contribution is 0.784. The summed E-state index contributed by atoms with van der Waals surface area (Å²) in [6.07, 6.45) is 6.02. The zero-order valence-corrected chi connectivity index (χ0v) is 16.3. The molecule has 0 bridgehead atoms. The Labute approximate surface area is 171 Å². The molecule has 0 saturated heterocycles. The maximum atomic E-state index is 12.6. The lowest BCUT2D eigenvalue weighted by Crippen LogP contribution is -2.19. The fourth-order valence-corrected chi connectivity index (χ4v) is 2.98. The predicted octanol–water partition coefficient (Wildman–Crippen LogP) is 1.97. The van der Waals surface area contributed by atoms with Crippen LogP contribution in [-0.4, -0.2) is 29.9 Å². The lowest BCUT2D eigenvalue weighted by Gasteiger charge is -2.16. The van der Waals surface area contributed by atoms with E-state index in [9.17, 15) is 4.79 Å². The van der Waals surface area contributed by atoms with Gasteiger partial charge in [0.1, 0.15) is 35.0 Å². The van der Waals surface area contributed by atoms with Crippen LogP contribution in [0.2, 0.25) is 0 Å². The van der Waals surface area contributed by atoms with Crippen LogP contribution in [0.25, 0.3) is 10.9 Å². The number of benzene rings is 1. The molecule has 148 valence electrons. The van der Waals surface area contributed by atoms with Crippen LogP contribution >= 0.6 is 0 Å². The van der Waals surface area contributed by atoms with Crippen LogP contribution in [0, 0.1) is 18.8 Å². The number of aryl methyl sites for hydroxylation is 1. The van der Waals surface area contributed by atoms with E-state index in [2.05, 4.69) is 47.1 Å². The minimum atomic E-state index is -0.367. The van der Waals surface area contributed by atoms with E-state index in [1.807, 2.05) is 32.0 Å². The minimum Gasteiger partial charge on any atom is -0.382 e. The highest BCUT2D eigenvalue weighted by molar-refractivity contribution is 5.81. The monoisotopic (exact) mass is 398 g/mol. The molecule has 30 heavy (non-hydrogen) atoms. The number of hydrogen-bond donors (Lipinski definition) is 3. The summed E-state index contributed by atoms with van der Waals surface area (Å²) in [5.74, 6) is 6.98. The van der Waals surface area contributed by atoms with Gasteiger partial charge in [0.15, 0.2) is 0 Å². The van der Waals surface area contributed by atoms with Crippen LogP contribution in [0.5, 0.6) is 0 Å². The Morgan fingerprint density at radius 1 is 1.17 bits per heavy atom. The normalized spacial score (nSPS) is 11.5. The molecule has 1 atom stereocenters. The van der Waals surface area contributed by atoms with Gasteiger partial charge in [-0.05, 0) is 31.4 Å². The number of H-pyrrole nitrogens is 1. The fourth-order valence-electron chi connectivity index (χ4n) is 2.98. The molecule has 1 unspecified atom stereocenters. The number of aromatic amines is 1. The van der Waals surface area contributed by atoms with Gasteiger partial charge in [0.25, 0.3) is 5.56 Å². The smallest absolute Gasteiger partial charge is 0.259 e. The Morgan fingerprint density at radius 2 is 2.03 bits per heavy atom. The molecular formula is C21H18N8O. The number of nitrogens with zero attached hydrogens (tertiary/aromatic N) is 5. The van der Waals surface area contributed by atoms with E-state index in [0.29, 0.717) is 33.8 Å². The molecule has 9 nitrogen and oxygen atoms in total. The Kier molecular flexibility index (Phi) is 5.05. The molecule has 1 aromatic carbocycles. The van der Waals surface area contributed by atoms with Crippen molar-refractivity contribution in [3.8, 4) is 11.8 Å².